The van der Waals surface area contributed by atoms with Gasteiger partial charge in [-0.05, 0) is 139 Å². The van der Waals surface area contributed by atoms with Crippen molar-refractivity contribution in [2.75, 3.05) is 50.0 Å². The quantitative estimate of drug-likeness (QED) is 0.0218. The number of halogens is 1. The average Bonchev–Trinajstić information content (AvgIpc) is 1.65. The van der Waals surface area contributed by atoms with Crippen LogP contribution in [-0.4, -0.2) is 243 Å². The van der Waals surface area contributed by atoms with E-state index in [1.54, 1.807) is 52.0 Å². The molecule has 131 heavy (non-hydrogen) atoms. The smallest absolute Gasteiger partial charge is 0.303 e. The number of phenolic OH excluding ortho intramolecular Hbond substituents is 3. The van der Waals surface area contributed by atoms with Gasteiger partial charge in [-0.25, -0.2) is 0 Å². The van der Waals surface area contributed by atoms with E-state index in [0.717, 1.165) is 44.1 Å². The zero-order valence-electron chi connectivity index (χ0n) is 75.6. The molecular weight excluding hydrogens is 1750 g/mol. The summed E-state index contributed by atoms with van der Waals surface area (Å²) in [5.74, 6) is -14.5. The first-order valence-electron chi connectivity index (χ1n) is 44.5. The number of unbranched alkanes of at least 4 members (excludes halogenated alkanes) is 5. The van der Waals surface area contributed by atoms with Crippen LogP contribution in [0.15, 0.2) is 91.0 Å². The number of carboxylic acids is 1. The Balaban J connectivity index is 1.39. The molecule has 1 fully saturated rings. The van der Waals surface area contributed by atoms with Crippen LogP contribution in [0.3, 0.4) is 0 Å². The third kappa shape index (κ3) is 40.0. The topological polar surface area (TPSA) is 624 Å². The first kappa shape index (κ1) is 111. The van der Waals surface area contributed by atoms with Gasteiger partial charge in [0.1, 0.15) is 77.7 Å². The number of thiol groups is 1. The fourth-order valence-electron chi connectivity index (χ4n) is 14.0. The summed E-state index contributed by atoms with van der Waals surface area (Å²) in [4.78, 5) is 213. The summed E-state index contributed by atoms with van der Waals surface area (Å²) >= 11 is 12.1. The van der Waals surface area contributed by atoms with Crippen LogP contribution in [0.25, 0.3) is 0 Å². The number of carbonyl (C=O) groups is 15. The maximum atomic E-state index is 15.6. The molecule has 1 heterocycles. The Morgan fingerprint density at radius 2 is 0.977 bits per heavy atom. The molecule has 0 aromatic heterocycles. The molecule has 14 atom stereocenters. The minimum absolute atomic E-state index is 0.0260. The van der Waals surface area contributed by atoms with Gasteiger partial charge in [0.2, 0.25) is 82.7 Å². The van der Waals surface area contributed by atoms with Gasteiger partial charge in [-0.3, -0.25) is 71.9 Å². The number of primary amides is 1. The van der Waals surface area contributed by atoms with Crippen molar-refractivity contribution >= 4 is 125 Å². The third-order valence-electron chi connectivity index (χ3n) is 21.7. The van der Waals surface area contributed by atoms with Crippen molar-refractivity contribution in [3.05, 3.63) is 124 Å². The molecule has 4 aromatic rings. The number of thioether (sulfide) groups is 1. The number of hydrogen-bond acceptors (Lipinski definition) is 25. The fourth-order valence-corrected chi connectivity index (χ4v) is 15.5. The molecule has 41 heteroatoms. The molecule has 0 spiro atoms. The molecule has 14 amide bonds. The minimum Gasteiger partial charge on any atom is -0.508 e. The van der Waals surface area contributed by atoms with Gasteiger partial charge in [-0.1, -0.05) is 153 Å². The molecule has 1 aliphatic heterocycles. The highest BCUT2D eigenvalue weighted by molar-refractivity contribution is 7.99. The van der Waals surface area contributed by atoms with Gasteiger partial charge in [0.05, 0.1) is 29.8 Å². The van der Waals surface area contributed by atoms with Gasteiger partial charge in [0.15, 0.2) is 0 Å². The minimum atomic E-state index is -1.65. The van der Waals surface area contributed by atoms with Crippen molar-refractivity contribution in [3.63, 3.8) is 0 Å². The van der Waals surface area contributed by atoms with Gasteiger partial charge < -0.3 is 123 Å². The van der Waals surface area contributed by atoms with Crippen LogP contribution < -0.4 is 92.5 Å². The number of likely N-dealkylation sites (tertiary alicyclic amines) is 1. The van der Waals surface area contributed by atoms with Crippen molar-refractivity contribution in [2.24, 2.45) is 46.4 Å². The lowest BCUT2D eigenvalue weighted by Gasteiger charge is -2.31. The highest BCUT2D eigenvalue weighted by Gasteiger charge is 2.45. The predicted molar refractivity (Wildman–Crippen MR) is 498 cm³/mol. The number of carbonyl (C=O) groups excluding carboxylic acids is 14. The fraction of sp³-hybridized carbons (Fsp3) is 0.567. The number of ether oxygens (including phenoxy) is 1. The Morgan fingerprint density at radius 1 is 0.511 bits per heavy atom. The van der Waals surface area contributed by atoms with Crippen molar-refractivity contribution < 1.29 is 97.1 Å². The van der Waals surface area contributed by atoms with Crippen LogP contribution in [0.5, 0.6) is 17.2 Å². The van der Waals surface area contributed by atoms with Crippen LogP contribution in [-0.2, 0) is 109 Å². The van der Waals surface area contributed by atoms with Gasteiger partial charge in [0, 0.05) is 76.3 Å². The largest absolute Gasteiger partial charge is 0.508 e. The number of benzene rings is 4. The molecule has 26 N–H and O–H groups in total. The molecule has 0 saturated carbocycles. The molecule has 38 nitrogen and oxygen atoms in total. The van der Waals surface area contributed by atoms with E-state index >= 15 is 9.59 Å². The molecule has 0 bridgehead atoms. The Bertz CT molecular complexity index is 4410. The molecule has 724 valence electrons. The Labute approximate surface area is 779 Å². The van der Waals surface area contributed by atoms with Crippen LogP contribution in [0.4, 0.5) is 0 Å². The predicted octanol–water partition coefficient (Wildman–Crippen LogP) is 1.14. The number of phenols is 3. The second-order valence-electron chi connectivity index (χ2n) is 33.7. The van der Waals surface area contributed by atoms with Crippen molar-refractivity contribution in [2.45, 2.75) is 256 Å². The van der Waals surface area contributed by atoms with E-state index in [9.17, 15) is 82.8 Å². The number of rotatable bonds is 60. The van der Waals surface area contributed by atoms with Crippen molar-refractivity contribution in [3.8, 4) is 17.2 Å². The summed E-state index contributed by atoms with van der Waals surface area (Å²) in [6, 6.07) is 5.66. The lowest BCUT2D eigenvalue weighted by atomic mass is 9.96. The number of nitrogens with zero attached hydrogens (tertiary/aromatic N) is 1. The lowest BCUT2D eigenvalue weighted by molar-refractivity contribution is -0.142. The summed E-state index contributed by atoms with van der Waals surface area (Å²) in [6.07, 6.45) is 2.78. The average molecular weight is 1890 g/mol. The van der Waals surface area contributed by atoms with Crippen LogP contribution in [0.1, 0.15) is 173 Å². The SMILES string of the molecule is CCCCCCCCSC[C@H](NC(=O)[C@@H](CCC(=O)O)NC(=O)[C@H](Cc1ccc(O)cc1)NC(=O)[C@@H](N)CCN)C(=O)N1CC(OCC(C)C)C[C@H]1C(=O)N[C@@H](Cc1ccc(O)c(Cl)c1)C(=O)NCC(=O)NC(CC(C)C)C(=O)N[C@@H](CS)C(=O)NC(Cc1ccc(O)cc1)C(=O)N[C@H](C(=O)N[C@@H](CCC(N)=O)C(=O)NCc1ccc(CNC(=O)C(N)CCN)cc1)C(C)CC. The van der Waals surface area contributed by atoms with Crippen molar-refractivity contribution in [1.29, 1.82) is 0 Å². The summed E-state index contributed by atoms with van der Waals surface area (Å²) < 4.78 is 6.28. The van der Waals surface area contributed by atoms with E-state index < -0.39 is 187 Å². The Hall–Kier alpha value is -10.9. The van der Waals surface area contributed by atoms with E-state index in [1.807, 2.05) is 13.8 Å². The summed E-state index contributed by atoms with van der Waals surface area (Å²) in [5, 5.41) is 72.5. The number of aliphatic carboxylic acids is 1. The van der Waals surface area contributed by atoms with Crippen LogP contribution >= 0.6 is 36.0 Å². The van der Waals surface area contributed by atoms with E-state index in [2.05, 4.69) is 83.4 Å². The van der Waals surface area contributed by atoms with Gasteiger partial charge in [0.25, 0.3) is 0 Å². The zero-order chi connectivity index (χ0) is 97.0. The van der Waals surface area contributed by atoms with Crippen LogP contribution in [0.2, 0.25) is 5.02 Å². The normalized spacial score (nSPS) is 15.8. The molecular formula is C90H135ClN18O20S2. The second kappa shape index (κ2) is 58.1. The zero-order valence-corrected chi connectivity index (χ0v) is 78.1. The molecule has 0 radical (unpaired) electrons. The number of amides is 14. The summed E-state index contributed by atoms with van der Waals surface area (Å²) in [7, 11) is 0. The van der Waals surface area contributed by atoms with Gasteiger partial charge >= 0.3 is 5.97 Å². The number of nitrogens with two attached hydrogens (primary N) is 5. The highest BCUT2D eigenvalue weighted by Crippen LogP contribution is 2.28. The maximum Gasteiger partial charge on any atom is 0.303 e. The summed E-state index contributed by atoms with van der Waals surface area (Å²) in [6.45, 7) is 12.3. The Morgan fingerprint density at radius 3 is 1.53 bits per heavy atom. The molecule has 1 aliphatic rings. The lowest BCUT2D eigenvalue weighted by Crippen LogP contribution is -2.61. The molecule has 5 rings (SSSR count). The molecule has 1 saturated heterocycles. The first-order chi connectivity index (χ1) is 62.3. The van der Waals surface area contributed by atoms with E-state index in [1.165, 1.54) is 83.4 Å². The molecule has 0 aliphatic carbocycles. The maximum absolute atomic E-state index is 15.6. The van der Waals surface area contributed by atoms with E-state index in [-0.39, 0.29) is 142 Å². The van der Waals surface area contributed by atoms with E-state index in [4.69, 9.17) is 45.0 Å². The highest BCUT2D eigenvalue weighted by atomic mass is 35.5. The number of nitrogens with one attached hydrogen (secondary N) is 12. The number of hydrogen-bond donors (Lipinski definition) is 22. The van der Waals surface area contributed by atoms with Crippen LogP contribution in [0, 0.1) is 17.8 Å². The number of carboxylic acid groups (broad SMARTS) is 1. The first-order valence-corrected chi connectivity index (χ1v) is 46.6. The second-order valence-corrected chi connectivity index (χ2v) is 35.6. The van der Waals surface area contributed by atoms with E-state index in [0.29, 0.717) is 40.8 Å². The molecule has 5 unspecified atom stereocenters. The van der Waals surface area contributed by atoms with Gasteiger partial charge in [-0.2, -0.15) is 24.4 Å². The molecule has 4 aromatic carbocycles. The van der Waals surface area contributed by atoms with Gasteiger partial charge in [-0.15, -0.1) is 0 Å². The standard InChI is InChI=1S/C90H135ClN18O20S2/c1-8-10-11-12-13-14-37-131-50-72(107-83(121)66(29-32-77(115)116)101-85(123)69(103-80(118)64(95)34-36-93)40-54-19-24-59(110)25-20-54)90(128)109-47-61(129-48-52(5)6)43-73(109)88(126)105-68(42-58-23-30-74(112)62(91)39-58)82(120)99-46-76(114)100-67(38-51(3)4)84(122)106-71(49-130)87(125)104-70(41-55-21-26-60(111)27-22-55)86(124)108-78(53(7)9-2)89(127)102-65(28-31-75(96)113)81(119)98-45-57-17-15-56(16-18-57)44-97-79(117)63(94)33-35-92/h15-27,30,39,51-53,61,63-73,78,110-112,130H,8-14,28-29,31-38,40-50,92-95H2,1-7H3,(H2,96,113)(H,97,117)(H,98,119)(H,99,120)(H,100,114)(H,101,123)(H,102,127)(H,103,118)(H,104,125)(H,105,126)(H,106,122)(H,107,121)(H,108,124)(H,115,116)/t53?,61?,63?,64-,65-,66+,67?,68-,69-,70?,71-,72-,73-,78-/m0/s1. The third-order valence-corrected chi connectivity index (χ3v) is 23.5. The van der Waals surface area contributed by atoms with Crippen molar-refractivity contribution in [1.82, 2.24) is 68.7 Å². The number of aromatic hydroxyl groups is 3. The monoisotopic (exact) mass is 1890 g/mol. The Kier molecular flexibility index (Phi) is 49.1. The summed E-state index contributed by atoms with van der Waals surface area (Å²) in [5.41, 5.74) is 31.2.